The molecule has 2 aromatic heterocycles. The number of amides is 4. The number of hydrogen-bond acceptors (Lipinski definition) is 10. The highest BCUT2D eigenvalue weighted by Crippen LogP contribution is 2.20. The molecule has 5 rings (SSSR count). The predicted molar refractivity (Wildman–Crippen MR) is 213 cm³/mol. The second-order valence-corrected chi connectivity index (χ2v) is 16.0. The molecule has 4 amide bonds. The third kappa shape index (κ3) is 13.3. The van der Waals surface area contributed by atoms with Crippen molar-refractivity contribution >= 4 is 52.3 Å². The summed E-state index contributed by atoms with van der Waals surface area (Å²) in [6.07, 6.45) is 2.60. The Bertz CT molecular complexity index is 1740. The number of ether oxygens (including phenoxy) is 2. The van der Waals surface area contributed by atoms with E-state index >= 15 is 0 Å². The van der Waals surface area contributed by atoms with E-state index in [1.807, 2.05) is 47.8 Å². The number of morpholine rings is 1. The van der Waals surface area contributed by atoms with Gasteiger partial charge in [0, 0.05) is 68.3 Å². The minimum Gasteiger partial charge on any atom is -0.444 e. The number of rotatable bonds is 18. The molecule has 3 heterocycles. The van der Waals surface area contributed by atoms with E-state index in [0.717, 1.165) is 39.8 Å². The Kier molecular flexibility index (Phi) is 16.1. The number of nitrogens with one attached hydrogen (secondary N) is 2. The zero-order valence-corrected chi connectivity index (χ0v) is 33.5. The Morgan fingerprint density at radius 2 is 1.74 bits per heavy atom. The summed E-state index contributed by atoms with van der Waals surface area (Å²) < 4.78 is 11.2. The second kappa shape index (κ2) is 21.1. The summed E-state index contributed by atoms with van der Waals surface area (Å²) in [6, 6.07) is 15.8. The van der Waals surface area contributed by atoms with Crippen molar-refractivity contribution in [2.24, 2.45) is 0 Å². The highest BCUT2D eigenvalue weighted by molar-refractivity contribution is 7.09. The fourth-order valence-corrected chi connectivity index (χ4v) is 7.42. The van der Waals surface area contributed by atoms with E-state index in [0.29, 0.717) is 69.6 Å². The second-order valence-electron chi connectivity index (χ2n) is 13.7. The molecule has 0 saturated carbocycles. The van der Waals surface area contributed by atoms with E-state index in [1.165, 1.54) is 11.3 Å². The standard InChI is InChI=1S/C39H50ClN7O5S2/c1-28(2)37-43-33(26-53-37)24-45(3)38(49)44-35(14-15-46-17-19-51-20-18-46)36(48)42-32(21-29-7-5-4-6-8-29)13-16-47(23-30-9-11-31(40)12-10-30)39(50)52-25-34-22-41-27-54-34/h4-12,22,26-28,32,35H,13-21,23-25H2,1-3H3,(H,42,48)(H,44,49)/t32-,35+/m1/s1. The van der Waals surface area contributed by atoms with Gasteiger partial charge in [-0.25, -0.2) is 14.6 Å². The maximum Gasteiger partial charge on any atom is 0.410 e. The van der Waals surface area contributed by atoms with Crippen LogP contribution < -0.4 is 10.6 Å². The van der Waals surface area contributed by atoms with Crippen LogP contribution in [0.2, 0.25) is 5.02 Å². The van der Waals surface area contributed by atoms with Gasteiger partial charge in [0.2, 0.25) is 5.91 Å². The molecule has 0 unspecified atom stereocenters. The number of halogens is 1. The lowest BCUT2D eigenvalue weighted by Crippen LogP contribution is -2.54. The number of benzene rings is 2. The van der Waals surface area contributed by atoms with Crippen LogP contribution >= 0.6 is 34.3 Å². The maximum absolute atomic E-state index is 14.2. The molecule has 0 spiro atoms. The van der Waals surface area contributed by atoms with Crippen molar-refractivity contribution in [2.75, 3.05) is 46.4 Å². The molecule has 0 bridgehead atoms. The first kappa shape index (κ1) is 41.1. The van der Waals surface area contributed by atoms with Crippen LogP contribution in [0.3, 0.4) is 0 Å². The summed E-state index contributed by atoms with van der Waals surface area (Å²) in [5.41, 5.74) is 4.44. The Hall–Kier alpha value is -4.08. The first-order valence-corrected chi connectivity index (χ1v) is 20.4. The van der Waals surface area contributed by atoms with Crippen LogP contribution in [-0.2, 0) is 40.4 Å². The molecule has 0 aliphatic carbocycles. The SMILES string of the molecule is CC(C)c1nc(CN(C)C(=O)N[C@@H](CCN2CCOCC2)C(=O)N[C@H](CCN(Cc2ccc(Cl)cc2)C(=O)OCc2cncs2)Cc2ccccc2)cs1. The minimum atomic E-state index is -0.794. The monoisotopic (exact) mass is 795 g/mol. The predicted octanol–water partition coefficient (Wildman–Crippen LogP) is 6.57. The van der Waals surface area contributed by atoms with Crippen molar-refractivity contribution in [1.29, 1.82) is 0 Å². The van der Waals surface area contributed by atoms with Gasteiger partial charge in [-0.15, -0.1) is 22.7 Å². The summed E-state index contributed by atoms with van der Waals surface area (Å²) >= 11 is 9.15. The topological polar surface area (TPSA) is 129 Å². The molecule has 15 heteroatoms. The van der Waals surface area contributed by atoms with Crippen LogP contribution in [0.25, 0.3) is 0 Å². The average molecular weight is 796 g/mol. The van der Waals surface area contributed by atoms with Gasteiger partial charge >= 0.3 is 12.1 Å². The average Bonchev–Trinajstić information content (AvgIpc) is 3.88. The minimum absolute atomic E-state index is 0.116. The first-order valence-electron chi connectivity index (χ1n) is 18.3. The highest BCUT2D eigenvalue weighted by Gasteiger charge is 2.27. The van der Waals surface area contributed by atoms with E-state index in [2.05, 4.69) is 39.3 Å². The smallest absolute Gasteiger partial charge is 0.410 e. The van der Waals surface area contributed by atoms with Crippen molar-refractivity contribution in [3.8, 4) is 0 Å². The van der Waals surface area contributed by atoms with Crippen LogP contribution in [-0.4, -0.2) is 101 Å². The van der Waals surface area contributed by atoms with Crippen molar-refractivity contribution in [2.45, 2.75) is 70.8 Å². The van der Waals surface area contributed by atoms with Gasteiger partial charge in [0.25, 0.3) is 0 Å². The van der Waals surface area contributed by atoms with Crippen molar-refractivity contribution in [1.82, 2.24) is 35.3 Å². The number of urea groups is 1. The number of thiazole rings is 2. The van der Waals surface area contributed by atoms with Gasteiger partial charge in [0.05, 0.1) is 40.8 Å². The molecule has 4 aromatic rings. The van der Waals surface area contributed by atoms with E-state index < -0.39 is 12.1 Å². The van der Waals surface area contributed by atoms with Crippen LogP contribution in [0.1, 0.15) is 59.3 Å². The summed E-state index contributed by atoms with van der Waals surface area (Å²) in [5, 5.41) is 9.87. The Morgan fingerprint density at radius 1 is 0.981 bits per heavy atom. The summed E-state index contributed by atoms with van der Waals surface area (Å²) in [4.78, 5) is 56.3. The number of hydrogen-bond donors (Lipinski definition) is 2. The van der Waals surface area contributed by atoms with Gasteiger partial charge in [-0.1, -0.05) is 67.9 Å². The van der Waals surface area contributed by atoms with Crippen molar-refractivity contribution in [3.63, 3.8) is 0 Å². The molecule has 2 N–H and O–H groups in total. The molecule has 1 aliphatic heterocycles. The zero-order chi connectivity index (χ0) is 38.3. The highest BCUT2D eigenvalue weighted by atomic mass is 35.5. The van der Waals surface area contributed by atoms with Crippen molar-refractivity contribution < 1.29 is 23.9 Å². The van der Waals surface area contributed by atoms with E-state index in [-0.39, 0.29) is 24.6 Å². The van der Waals surface area contributed by atoms with Gasteiger partial charge in [-0.3, -0.25) is 14.7 Å². The lowest BCUT2D eigenvalue weighted by atomic mass is 10.0. The van der Waals surface area contributed by atoms with Gasteiger partial charge in [-0.05, 0) is 42.5 Å². The van der Waals surface area contributed by atoms with Crippen LogP contribution in [0.5, 0.6) is 0 Å². The number of aromatic nitrogens is 2. The summed E-state index contributed by atoms with van der Waals surface area (Å²) in [7, 11) is 1.71. The first-order chi connectivity index (χ1) is 26.1. The molecule has 2 aromatic carbocycles. The molecule has 0 radical (unpaired) electrons. The number of carbonyl (C=O) groups is 3. The molecule has 12 nitrogen and oxygen atoms in total. The third-order valence-electron chi connectivity index (χ3n) is 9.05. The van der Waals surface area contributed by atoms with Gasteiger partial charge in [-0.2, -0.15) is 0 Å². The van der Waals surface area contributed by atoms with Gasteiger partial charge in [0.1, 0.15) is 12.6 Å². The molecule has 1 aliphatic rings. The fraction of sp³-hybridized carbons (Fsp3) is 0.462. The molecular weight excluding hydrogens is 746 g/mol. The van der Waals surface area contributed by atoms with Crippen LogP contribution in [0.4, 0.5) is 9.59 Å². The van der Waals surface area contributed by atoms with Crippen LogP contribution in [0, 0.1) is 0 Å². The van der Waals surface area contributed by atoms with Crippen molar-refractivity contribution in [3.05, 3.63) is 103 Å². The lowest BCUT2D eigenvalue weighted by molar-refractivity contribution is -0.124. The van der Waals surface area contributed by atoms with Crippen LogP contribution in [0.15, 0.2) is 71.7 Å². The summed E-state index contributed by atoms with van der Waals surface area (Å²) in [6.45, 7) is 8.66. The Morgan fingerprint density at radius 3 is 2.43 bits per heavy atom. The molecule has 2 atom stereocenters. The zero-order valence-electron chi connectivity index (χ0n) is 31.1. The molecule has 290 valence electrons. The van der Waals surface area contributed by atoms with E-state index in [9.17, 15) is 14.4 Å². The maximum atomic E-state index is 14.2. The number of carbonyl (C=O) groups excluding carboxylic acids is 3. The molecule has 1 saturated heterocycles. The molecule has 1 fully saturated rings. The van der Waals surface area contributed by atoms with Gasteiger partial charge < -0.3 is 29.9 Å². The molecule has 54 heavy (non-hydrogen) atoms. The fourth-order valence-electron chi connectivity index (χ4n) is 5.96. The Labute approximate surface area is 330 Å². The number of nitrogens with zero attached hydrogens (tertiary/aromatic N) is 5. The third-order valence-corrected chi connectivity index (χ3v) is 11.2. The Balaban J connectivity index is 1.30. The quantitative estimate of drug-likeness (QED) is 0.116. The van der Waals surface area contributed by atoms with E-state index in [1.54, 1.807) is 52.0 Å². The molecular formula is C39H50ClN7O5S2. The largest absolute Gasteiger partial charge is 0.444 e. The van der Waals surface area contributed by atoms with Gasteiger partial charge in [0.15, 0.2) is 0 Å². The lowest BCUT2D eigenvalue weighted by Gasteiger charge is -2.30. The summed E-state index contributed by atoms with van der Waals surface area (Å²) in [5.74, 6) is 0.0256. The van der Waals surface area contributed by atoms with E-state index in [4.69, 9.17) is 21.1 Å². The normalized spacial score (nSPS) is 14.3.